The van der Waals surface area contributed by atoms with Crippen LogP contribution >= 0.6 is 0 Å². The minimum absolute atomic E-state index is 0.0263. The van der Waals surface area contributed by atoms with Crippen LogP contribution < -0.4 is 5.32 Å². The van der Waals surface area contributed by atoms with E-state index in [2.05, 4.69) is 10.1 Å². The summed E-state index contributed by atoms with van der Waals surface area (Å²) in [6, 6.07) is 8.57. The van der Waals surface area contributed by atoms with Crippen LogP contribution in [0.25, 0.3) is 6.08 Å². The maximum absolute atomic E-state index is 11.7. The van der Waals surface area contributed by atoms with Crippen molar-refractivity contribution in [2.45, 2.75) is 18.9 Å². The number of nitrogens with one attached hydrogen (secondary N) is 1. The molecular weight excluding hydrogens is 298 g/mol. The number of methoxy groups -OCH3 is 1. The van der Waals surface area contributed by atoms with E-state index in [0.717, 1.165) is 5.56 Å². The molecule has 0 radical (unpaired) electrons. The number of ether oxygens (including phenoxy) is 1. The first-order chi connectivity index (χ1) is 11.0. The smallest absolute Gasteiger partial charge is 0.328 e. The molecule has 0 saturated heterocycles. The van der Waals surface area contributed by atoms with Crippen LogP contribution in [0.1, 0.15) is 18.4 Å². The van der Waals surface area contributed by atoms with Gasteiger partial charge in [0.1, 0.15) is 6.04 Å². The standard InChI is InChI=1S/C17H19NO5/c1-23-17(22)14(11-12-16(20)21)18-15(19)10-6-5-9-13-7-3-2-4-8-13/h2-10,14H,11-12H2,1H3,(H,18,19)(H,20,21)/b9-5+,10-6+. The highest BCUT2D eigenvalue weighted by Gasteiger charge is 2.21. The Bertz CT molecular complexity index is 592. The summed E-state index contributed by atoms with van der Waals surface area (Å²) in [5.41, 5.74) is 0.992. The monoisotopic (exact) mass is 317 g/mol. The Hall–Kier alpha value is -2.89. The van der Waals surface area contributed by atoms with Gasteiger partial charge in [-0.25, -0.2) is 4.79 Å². The van der Waals surface area contributed by atoms with Crippen molar-refractivity contribution in [1.29, 1.82) is 0 Å². The Labute approximate surface area is 134 Å². The molecule has 1 aromatic carbocycles. The quantitative estimate of drug-likeness (QED) is 0.433. The van der Waals surface area contributed by atoms with Gasteiger partial charge in [-0.05, 0) is 12.0 Å². The molecule has 0 aliphatic heterocycles. The van der Waals surface area contributed by atoms with E-state index in [0.29, 0.717) is 0 Å². The van der Waals surface area contributed by atoms with Gasteiger partial charge in [0, 0.05) is 12.5 Å². The molecule has 0 saturated carbocycles. The number of carbonyl (C=O) groups is 3. The van der Waals surface area contributed by atoms with Gasteiger partial charge in [-0.2, -0.15) is 0 Å². The third kappa shape index (κ3) is 7.61. The van der Waals surface area contributed by atoms with Gasteiger partial charge in [0.2, 0.25) is 5.91 Å². The third-order valence-electron chi connectivity index (χ3n) is 2.90. The number of carboxylic acids is 1. The lowest BCUT2D eigenvalue weighted by Gasteiger charge is -2.14. The second-order valence-corrected chi connectivity index (χ2v) is 4.65. The molecule has 1 rings (SSSR count). The molecule has 0 fully saturated rings. The molecule has 0 aliphatic rings. The molecule has 0 aliphatic carbocycles. The van der Waals surface area contributed by atoms with Crippen molar-refractivity contribution in [3.63, 3.8) is 0 Å². The second-order valence-electron chi connectivity index (χ2n) is 4.65. The maximum atomic E-state index is 11.7. The Kier molecular flexibility index (Phi) is 7.85. The summed E-state index contributed by atoms with van der Waals surface area (Å²) in [4.78, 5) is 33.8. The summed E-state index contributed by atoms with van der Waals surface area (Å²) in [7, 11) is 1.18. The van der Waals surface area contributed by atoms with Crippen molar-refractivity contribution in [1.82, 2.24) is 5.32 Å². The van der Waals surface area contributed by atoms with Crippen LogP contribution in [0.15, 0.2) is 48.6 Å². The summed E-state index contributed by atoms with van der Waals surface area (Å²) in [5.74, 6) is -2.22. The average Bonchev–Trinajstić information content (AvgIpc) is 2.55. The number of allylic oxidation sites excluding steroid dienone is 2. The Balaban J connectivity index is 2.54. The van der Waals surface area contributed by atoms with Gasteiger partial charge < -0.3 is 15.2 Å². The van der Waals surface area contributed by atoms with Gasteiger partial charge in [0.05, 0.1) is 7.11 Å². The van der Waals surface area contributed by atoms with E-state index >= 15 is 0 Å². The molecule has 1 unspecified atom stereocenters. The molecule has 122 valence electrons. The first kappa shape index (κ1) is 18.2. The van der Waals surface area contributed by atoms with Crippen molar-refractivity contribution in [2.24, 2.45) is 0 Å². The number of aliphatic carboxylic acids is 1. The van der Waals surface area contributed by atoms with Gasteiger partial charge in [-0.1, -0.05) is 48.6 Å². The van der Waals surface area contributed by atoms with E-state index < -0.39 is 23.9 Å². The van der Waals surface area contributed by atoms with Crippen LogP contribution in [0.5, 0.6) is 0 Å². The predicted molar refractivity (Wildman–Crippen MR) is 85.4 cm³/mol. The molecule has 1 atom stereocenters. The lowest BCUT2D eigenvalue weighted by Crippen LogP contribution is -2.41. The fourth-order valence-corrected chi connectivity index (χ4v) is 1.75. The summed E-state index contributed by atoms with van der Waals surface area (Å²) in [6.07, 6.45) is 6.05. The van der Waals surface area contributed by atoms with Crippen molar-refractivity contribution < 1.29 is 24.2 Å². The zero-order valence-electron chi connectivity index (χ0n) is 12.8. The van der Waals surface area contributed by atoms with Crippen molar-refractivity contribution in [2.75, 3.05) is 7.11 Å². The first-order valence-electron chi connectivity index (χ1n) is 7.03. The van der Waals surface area contributed by atoms with E-state index in [9.17, 15) is 14.4 Å². The molecule has 0 bridgehead atoms. The minimum atomic E-state index is -1.05. The number of hydrogen-bond donors (Lipinski definition) is 2. The summed E-state index contributed by atoms with van der Waals surface area (Å²) in [6.45, 7) is 0. The number of benzene rings is 1. The topological polar surface area (TPSA) is 92.7 Å². The van der Waals surface area contributed by atoms with Crippen LogP contribution in [-0.2, 0) is 19.1 Å². The molecule has 0 aromatic heterocycles. The van der Waals surface area contributed by atoms with E-state index in [1.165, 1.54) is 19.3 Å². The lowest BCUT2D eigenvalue weighted by molar-refractivity contribution is -0.145. The van der Waals surface area contributed by atoms with Crippen molar-refractivity contribution in [3.8, 4) is 0 Å². The number of carbonyl (C=O) groups excluding carboxylic acids is 2. The van der Waals surface area contributed by atoms with Gasteiger partial charge in [0.25, 0.3) is 0 Å². The van der Waals surface area contributed by atoms with Crippen molar-refractivity contribution in [3.05, 3.63) is 54.1 Å². The largest absolute Gasteiger partial charge is 0.481 e. The van der Waals surface area contributed by atoms with Crippen LogP contribution in [0.2, 0.25) is 0 Å². The lowest BCUT2D eigenvalue weighted by atomic mass is 10.1. The first-order valence-corrected chi connectivity index (χ1v) is 7.03. The highest BCUT2D eigenvalue weighted by atomic mass is 16.5. The molecule has 23 heavy (non-hydrogen) atoms. The average molecular weight is 317 g/mol. The molecule has 6 nitrogen and oxygen atoms in total. The minimum Gasteiger partial charge on any atom is -0.481 e. The van der Waals surface area contributed by atoms with E-state index in [1.54, 1.807) is 6.08 Å². The maximum Gasteiger partial charge on any atom is 0.328 e. The fourth-order valence-electron chi connectivity index (χ4n) is 1.75. The fraction of sp³-hybridized carbons (Fsp3) is 0.235. The normalized spacial score (nSPS) is 12.2. The Morgan fingerprint density at radius 1 is 1.22 bits per heavy atom. The van der Waals surface area contributed by atoms with Crippen LogP contribution in [0.3, 0.4) is 0 Å². The van der Waals surface area contributed by atoms with Gasteiger partial charge in [-0.15, -0.1) is 0 Å². The molecule has 0 spiro atoms. The molecule has 0 heterocycles. The molecule has 2 N–H and O–H groups in total. The summed E-state index contributed by atoms with van der Waals surface area (Å²) < 4.78 is 4.54. The summed E-state index contributed by atoms with van der Waals surface area (Å²) >= 11 is 0. The number of carboxylic acid groups (broad SMARTS) is 1. The van der Waals surface area contributed by atoms with E-state index in [-0.39, 0.29) is 12.8 Å². The van der Waals surface area contributed by atoms with Crippen LogP contribution in [-0.4, -0.2) is 36.1 Å². The zero-order valence-corrected chi connectivity index (χ0v) is 12.8. The number of hydrogen-bond acceptors (Lipinski definition) is 4. The van der Waals surface area contributed by atoms with Gasteiger partial charge >= 0.3 is 11.9 Å². The molecular formula is C17H19NO5. The third-order valence-corrected chi connectivity index (χ3v) is 2.90. The van der Waals surface area contributed by atoms with E-state index in [4.69, 9.17) is 5.11 Å². The highest BCUT2D eigenvalue weighted by Crippen LogP contribution is 2.02. The molecule has 1 amide bonds. The number of esters is 1. The number of amides is 1. The molecule has 1 aromatic rings. The predicted octanol–water partition coefficient (Wildman–Crippen LogP) is 1.78. The van der Waals surface area contributed by atoms with Crippen LogP contribution in [0.4, 0.5) is 0 Å². The van der Waals surface area contributed by atoms with Crippen molar-refractivity contribution >= 4 is 23.9 Å². The van der Waals surface area contributed by atoms with Crippen LogP contribution in [0, 0.1) is 0 Å². The summed E-state index contributed by atoms with van der Waals surface area (Å²) in [5, 5.41) is 11.1. The molecule has 6 heteroatoms. The Morgan fingerprint density at radius 3 is 2.52 bits per heavy atom. The highest BCUT2D eigenvalue weighted by molar-refractivity contribution is 5.91. The van der Waals surface area contributed by atoms with Gasteiger partial charge in [-0.3, -0.25) is 9.59 Å². The zero-order chi connectivity index (χ0) is 17.1. The van der Waals surface area contributed by atoms with E-state index in [1.807, 2.05) is 36.4 Å². The second kappa shape index (κ2) is 9.94. The number of rotatable bonds is 8. The SMILES string of the molecule is COC(=O)C(CCC(=O)O)NC(=O)/C=C/C=C/c1ccccc1. The Morgan fingerprint density at radius 2 is 1.91 bits per heavy atom. The van der Waals surface area contributed by atoms with Gasteiger partial charge in [0.15, 0.2) is 0 Å².